The molecule has 3 fully saturated rings. The van der Waals surface area contributed by atoms with Crippen LogP contribution in [0, 0.1) is 18.7 Å². The first kappa shape index (κ1) is 18.9. The summed E-state index contributed by atoms with van der Waals surface area (Å²) in [6, 6.07) is 4.00. The zero-order chi connectivity index (χ0) is 19.8. The van der Waals surface area contributed by atoms with E-state index in [-0.39, 0.29) is 42.2 Å². The molecule has 2 atom stereocenters. The van der Waals surface area contributed by atoms with Crippen molar-refractivity contribution in [3.8, 4) is 0 Å². The largest absolute Gasteiger partial charge is 0.366 e. The SMILES string of the molecule is Cc1ccc(/C(F)=C/C2CN(C(=O)N3CC[C@@H]4OCC(=O)N[C@@H]4C3)C2)cc1F. The van der Waals surface area contributed by atoms with Crippen molar-refractivity contribution in [3.63, 3.8) is 0 Å². The molecule has 3 heterocycles. The average molecular weight is 391 g/mol. The molecule has 0 spiro atoms. The Morgan fingerprint density at radius 2 is 2.07 bits per heavy atom. The van der Waals surface area contributed by atoms with E-state index in [1.54, 1.807) is 28.9 Å². The third-order valence-electron chi connectivity index (χ3n) is 5.60. The highest BCUT2D eigenvalue weighted by atomic mass is 19.1. The average Bonchev–Trinajstić information content (AvgIpc) is 2.65. The van der Waals surface area contributed by atoms with Crippen LogP contribution in [-0.2, 0) is 9.53 Å². The van der Waals surface area contributed by atoms with Crippen LogP contribution >= 0.6 is 0 Å². The van der Waals surface area contributed by atoms with Crippen molar-refractivity contribution in [1.29, 1.82) is 0 Å². The van der Waals surface area contributed by atoms with Crippen molar-refractivity contribution in [2.75, 3.05) is 32.8 Å². The van der Waals surface area contributed by atoms with Gasteiger partial charge in [-0.05, 0) is 31.1 Å². The Balaban J connectivity index is 1.31. The molecule has 3 amide bonds. The lowest BCUT2D eigenvalue weighted by Gasteiger charge is -2.45. The Bertz CT molecular complexity index is 823. The van der Waals surface area contributed by atoms with E-state index in [4.69, 9.17) is 4.74 Å². The number of urea groups is 1. The minimum atomic E-state index is -0.473. The molecule has 3 aliphatic rings. The number of amides is 3. The van der Waals surface area contributed by atoms with Crippen molar-refractivity contribution in [3.05, 3.63) is 41.2 Å². The van der Waals surface area contributed by atoms with Crippen molar-refractivity contribution in [2.45, 2.75) is 25.5 Å². The van der Waals surface area contributed by atoms with Crippen LogP contribution in [0.15, 0.2) is 24.3 Å². The molecular weight excluding hydrogens is 368 g/mol. The van der Waals surface area contributed by atoms with Gasteiger partial charge in [0.2, 0.25) is 5.91 Å². The standard InChI is InChI=1S/C20H23F2N3O3/c1-12-2-3-14(7-15(12)21)16(22)6-13-8-25(9-13)20(27)24-5-4-18-17(10-24)23-19(26)11-28-18/h2-3,6-7,13,17-18H,4-5,8-11H2,1H3,(H,23,26)/b16-6-/t17-,18+/m1/s1. The quantitative estimate of drug-likeness (QED) is 0.840. The predicted octanol–water partition coefficient (Wildman–Crippen LogP) is 2.09. The number of piperidine rings is 1. The van der Waals surface area contributed by atoms with Crippen molar-refractivity contribution in [1.82, 2.24) is 15.1 Å². The Morgan fingerprint density at radius 1 is 1.29 bits per heavy atom. The Kier molecular flexibility index (Phi) is 5.05. The first-order valence-corrected chi connectivity index (χ1v) is 9.49. The maximum Gasteiger partial charge on any atom is 0.320 e. The maximum atomic E-state index is 14.3. The molecule has 3 saturated heterocycles. The maximum absolute atomic E-state index is 14.3. The van der Waals surface area contributed by atoms with Crippen molar-refractivity contribution in [2.24, 2.45) is 5.92 Å². The molecule has 4 rings (SSSR count). The summed E-state index contributed by atoms with van der Waals surface area (Å²) in [5.41, 5.74) is 0.684. The number of benzene rings is 1. The van der Waals surface area contributed by atoms with E-state index in [0.717, 1.165) is 0 Å². The number of hydrogen-bond donors (Lipinski definition) is 1. The summed E-state index contributed by atoms with van der Waals surface area (Å²) >= 11 is 0. The molecule has 0 aliphatic carbocycles. The van der Waals surface area contributed by atoms with Gasteiger partial charge in [0.1, 0.15) is 18.3 Å². The molecule has 0 radical (unpaired) electrons. The molecule has 0 bridgehead atoms. The second-order valence-corrected chi connectivity index (χ2v) is 7.68. The smallest absolute Gasteiger partial charge is 0.320 e. The van der Waals surface area contributed by atoms with E-state index in [1.165, 1.54) is 12.1 Å². The molecule has 3 aliphatic heterocycles. The summed E-state index contributed by atoms with van der Waals surface area (Å²) < 4.78 is 33.5. The number of ether oxygens (including phenoxy) is 1. The van der Waals surface area contributed by atoms with Crippen LogP contribution in [0.25, 0.3) is 5.83 Å². The van der Waals surface area contributed by atoms with Crippen molar-refractivity contribution < 1.29 is 23.1 Å². The van der Waals surface area contributed by atoms with Gasteiger partial charge in [-0.1, -0.05) is 12.1 Å². The minimum absolute atomic E-state index is 0.0437. The molecule has 0 saturated carbocycles. The Morgan fingerprint density at radius 3 is 2.82 bits per heavy atom. The molecule has 150 valence electrons. The number of carbonyl (C=O) groups is 2. The Labute approximate surface area is 162 Å². The number of likely N-dealkylation sites (tertiary alicyclic amines) is 2. The molecule has 6 nitrogen and oxygen atoms in total. The zero-order valence-corrected chi connectivity index (χ0v) is 15.7. The summed E-state index contributed by atoms with van der Waals surface area (Å²) in [6.07, 6.45) is 2.09. The topological polar surface area (TPSA) is 61.9 Å². The number of nitrogens with zero attached hydrogens (tertiary/aromatic N) is 2. The number of morpholine rings is 1. The Hall–Kier alpha value is -2.48. The normalized spacial score (nSPS) is 25.8. The summed E-state index contributed by atoms with van der Waals surface area (Å²) in [4.78, 5) is 27.5. The summed E-state index contributed by atoms with van der Waals surface area (Å²) in [6.45, 7) is 3.55. The van der Waals surface area contributed by atoms with E-state index in [1.807, 2.05) is 0 Å². The van der Waals surface area contributed by atoms with Gasteiger partial charge in [-0.25, -0.2) is 13.6 Å². The van der Waals surface area contributed by atoms with Crippen LogP contribution in [0.4, 0.5) is 13.6 Å². The predicted molar refractivity (Wildman–Crippen MR) is 98.5 cm³/mol. The molecule has 8 heteroatoms. The molecule has 1 aromatic carbocycles. The van der Waals surface area contributed by atoms with Gasteiger partial charge in [-0.2, -0.15) is 0 Å². The lowest BCUT2D eigenvalue weighted by molar-refractivity contribution is -0.139. The van der Waals surface area contributed by atoms with Crippen LogP contribution < -0.4 is 5.32 Å². The molecular formula is C20H23F2N3O3. The van der Waals surface area contributed by atoms with E-state index >= 15 is 0 Å². The van der Waals surface area contributed by atoms with Gasteiger partial charge < -0.3 is 19.9 Å². The first-order valence-electron chi connectivity index (χ1n) is 9.49. The van der Waals surface area contributed by atoms with Gasteiger partial charge in [0.15, 0.2) is 0 Å². The van der Waals surface area contributed by atoms with Crippen LogP contribution in [0.2, 0.25) is 0 Å². The van der Waals surface area contributed by atoms with Gasteiger partial charge in [-0.15, -0.1) is 0 Å². The third-order valence-corrected chi connectivity index (χ3v) is 5.60. The number of halogens is 2. The van der Waals surface area contributed by atoms with E-state index in [2.05, 4.69) is 5.32 Å². The second kappa shape index (κ2) is 7.50. The lowest BCUT2D eigenvalue weighted by Crippen LogP contribution is -2.64. The number of rotatable bonds is 2. The third kappa shape index (κ3) is 3.73. The summed E-state index contributed by atoms with van der Waals surface area (Å²) in [5, 5.41) is 2.87. The molecule has 1 N–H and O–H groups in total. The minimum Gasteiger partial charge on any atom is -0.366 e. The zero-order valence-electron chi connectivity index (χ0n) is 15.7. The van der Waals surface area contributed by atoms with Crippen molar-refractivity contribution >= 4 is 17.8 Å². The number of carbonyl (C=O) groups excluding carboxylic acids is 2. The number of aryl methyl sites for hydroxylation is 1. The van der Waals surface area contributed by atoms with Crippen LogP contribution in [0.1, 0.15) is 17.5 Å². The fourth-order valence-electron chi connectivity index (χ4n) is 3.89. The summed E-state index contributed by atoms with van der Waals surface area (Å²) in [7, 11) is 0. The highest BCUT2D eigenvalue weighted by Crippen LogP contribution is 2.27. The second-order valence-electron chi connectivity index (χ2n) is 7.68. The highest BCUT2D eigenvalue weighted by molar-refractivity contribution is 5.79. The van der Waals surface area contributed by atoms with Gasteiger partial charge >= 0.3 is 6.03 Å². The van der Waals surface area contributed by atoms with E-state index in [9.17, 15) is 18.4 Å². The van der Waals surface area contributed by atoms with Crippen LogP contribution in [-0.4, -0.2) is 66.7 Å². The van der Waals surface area contributed by atoms with Gasteiger partial charge in [0.05, 0.1) is 12.1 Å². The molecule has 0 unspecified atom stereocenters. The molecule has 28 heavy (non-hydrogen) atoms. The van der Waals surface area contributed by atoms with Gasteiger partial charge in [0, 0.05) is 37.7 Å². The van der Waals surface area contributed by atoms with Gasteiger partial charge in [0.25, 0.3) is 0 Å². The molecule has 0 aromatic heterocycles. The highest BCUT2D eigenvalue weighted by Gasteiger charge is 2.39. The first-order chi connectivity index (χ1) is 13.4. The monoisotopic (exact) mass is 391 g/mol. The number of hydrogen-bond acceptors (Lipinski definition) is 3. The summed E-state index contributed by atoms with van der Waals surface area (Å²) in [5.74, 6) is -1.16. The van der Waals surface area contributed by atoms with Gasteiger partial charge in [-0.3, -0.25) is 4.79 Å². The number of nitrogens with one attached hydrogen (secondary N) is 1. The molecule has 1 aromatic rings. The lowest BCUT2D eigenvalue weighted by atomic mass is 9.97. The van der Waals surface area contributed by atoms with E-state index < -0.39 is 11.6 Å². The van der Waals surface area contributed by atoms with E-state index in [0.29, 0.717) is 38.2 Å². The van der Waals surface area contributed by atoms with Crippen LogP contribution in [0.3, 0.4) is 0 Å². The van der Waals surface area contributed by atoms with Crippen LogP contribution in [0.5, 0.6) is 0 Å². The fourth-order valence-corrected chi connectivity index (χ4v) is 3.89. The fraction of sp³-hybridized carbons (Fsp3) is 0.500. The number of fused-ring (bicyclic) bond motifs is 1.